The molecule has 3 aromatic rings. The minimum Gasteiger partial charge on any atom is -0.481 e. The van der Waals surface area contributed by atoms with Gasteiger partial charge in [-0.2, -0.15) is 0 Å². The lowest BCUT2D eigenvalue weighted by molar-refractivity contribution is 0.0787. The molecule has 126 valence electrons. The van der Waals surface area contributed by atoms with E-state index < -0.39 is 0 Å². The average Bonchev–Trinajstić information content (AvgIpc) is 2.97. The summed E-state index contributed by atoms with van der Waals surface area (Å²) in [4.78, 5) is 23.3. The van der Waals surface area contributed by atoms with Crippen LogP contribution in [0.1, 0.15) is 23.0 Å². The van der Waals surface area contributed by atoms with Crippen LogP contribution >= 0.6 is 0 Å². The molecule has 1 aromatic carbocycles. The Balaban J connectivity index is 2.01. The summed E-state index contributed by atoms with van der Waals surface area (Å²) in [7, 11) is 1.59. The lowest BCUT2D eigenvalue weighted by atomic mass is 10.00. The summed E-state index contributed by atoms with van der Waals surface area (Å²) in [6.07, 6.45) is 1.69. The van der Waals surface area contributed by atoms with Crippen LogP contribution in [0.3, 0.4) is 0 Å². The Morgan fingerprint density at radius 1 is 1.24 bits per heavy atom. The minimum absolute atomic E-state index is 0.0474. The number of benzene rings is 1. The zero-order valence-corrected chi connectivity index (χ0v) is 14.1. The third-order valence-electron chi connectivity index (χ3n) is 4.61. The van der Waals surface area contributed by atoms with E-state index in [2.05, 4.69) is 4.98 Å². The summed E-state index contributed by atoms with van der Waals surface area (Å²) in [5.74, 6) is 0.482. The number of aromatic nitrogens is 2. The van der Waals surface area contributed by atoms with E-state index in [1.807, 2.05) is 37.3 Å². The number of nitrogen functional groups attached to an aromatic ring is 1. The molecule has 6 heteroatoms. The van der Waals surface area contributed by atoms with Crippen molar-refractivity contribution in [2.75, 3.05) is 19.4 Å². The van der Waals surface area contributed by atoms with Crippen LogP contribution in [0.4, 0.5) is 5.69 Å². The molecule has 0 radical (unpaired) electrons. The summed E-state index contributed by atoms with van der Waals surface area (Å²) >= 11 is 0. The van der Waals surface area contributed by atoms with Gasteiger partial charge in [0.2, 0.25) is 5.88 Å². The van der Waals surface area contributed by atoms with Crippen molar-refractivity contribution in [3.63, 3.8) is 0 Å². The molecule has 0 unspecified atom stereocenters. The summed E-state index contributed by atoms with van der Waals surface area (Å²) in [5, 5.41) is 0.772. The molecule has 6 nitrogen and oxygen atoms in total. The largest absolute Gasteiger partial charge is 0.481 e. The lowest BCUT2D eigenvalue weighted by Crippen LogP contribution is -2.23. The molecule has 0 aliphatic carbocycles. The highest BCUT2D eigenvalue weighted by molar-refractivity contribution is 6.11. The van der Waals surface area contributed by atoms with Crippen molar-refractivity contribution in [1.82, 2.24) is 14.9 Å². The first kappa shape index (κ1) is 15.4. The number of anilines is 1. The zero-order chi connectivity index (χ0) is 17.6. The Hall–Kier alpha value is -3.15. The van der Waals surface area contributed by atoms with Crippen molar-refractivity contribution in [2.45, 2.75) is 13.5 Å². The number of hydrogen-bond acceptors (Lipinski definition) is 5. The number of para-hydroxylation sites is 1. The van der Waals surface area contributed by atoms with Gasteiger partial charge in [0.15, 0.2) is 0 Å². The fourth-order valence-electron chi connectivity index (χ4n) is 3.36. The number of rotatable bonds is 3. The predicted molar refractivity (Wildman–Crippen MR) is 96.4 cm³/mol. The van der Waals surface area contributed by atoms with Crippen LogP contribution in [-0.4, -0.2) is 34.4 Å². The number of hydrogen-bond donors (Lipinski definition) is 1. The number of amides is 1. The number of pyridine rings is 2. The van der Waals surface area contributed by atoms with Gasteiger partial charge in [0.25, 0.3) is 5.91 Å². The molecule has 1 amide bonds. The molecule has 3 heterocycles. The molecule has 0 bridgehead atoms. The van der Waals surface area contributed by atoms with Crippen molar-refractivity contribution in [2.24, 2.45) is 0 Å². The fourth-order valence-corrected chi connectivity index (χ4v) is 3.36. The Bertz CT molecular complexity index is 1000. The highest BCUT2D eigenvalue weighted by Crippen LogP contribution is 2.38. The SMILES string of the molecule is CCN1Cc2nc3c(-c4cccnc4OC)cccc3c(N)c2C1=O. The van der Waals surface area contributed by atoms with Crippen LogP contribution in [0.2, 0.25) is 0 Å². The van der Waals surface area contributed by atoms with Crippen molar-refractivity contribution >= 4 is 22.5 Å². The molecule has 4 rings (SSSR count). The van der Waals surface area contributed by atoms with Gasteiger partial charge in [-0.15, -0.1) is 0 Å². The Kier molecular flexibility index (Phi) is 3.53. The van der Waals surface area contributed by atoms with Gasteiger partial charge in [-0.05, 0) is 19.1 Å². The number of carbonyl (C=O) groups excluding carboxylic acids is 1. The van der Waals surface area contributed by atoms with Gasteiger partial charge in [0.1, 0.15) is 0 Å². The fraction of sp³-hybridized carbons (Fsp3) is 0.211. The highest BCUT2D eigenvalue weighted by Gasteiger charge is 2.31. The third kappa shape index (κ3) is 2.21. The van der Waals surface area contributed by atoms with Crippen LogP contribution in [0.25, 0.3) is 22.0 Å². The third-order valence-corrected chi connectivity index (χ3v) is 4.61. The van der Waals surface area contributed by atoms with Crippen LogP contribution < -0.4 is 10.5 Å². The number of ether oxygens (including phenoxy) is 1. The van der Waals surface area contributed by atoms with E-state index in [4.69, 9.17) is 15.5 Å². The van der Waals surface area contributed by atoms with Gasteiger partial charge in [-0.1, -0.05) is 18.2 Å². The molecule has 0 fully saturated rings. The predicted octanol–water partition coefficient (Wildman–Crippen LogP) is 2.86. The molecule has 2 N–H and O–H groups in total. The molecule has 0 atom stereocenters. The molecule has 2 aromatic heterocycles. The van der Waals surface area contributed by atoms with Crippen LogP contribution in [-0.2, 0) is 6.54 Å². The number of nitrogens with zero attached hydrogens (tertiary/aromatic N) is 3. The molecule has 1 aliphatic heterocycles. The topological polar surface area (TPSA) is 81.3 Å². The van der Waals surface area contributed by atoms with Gasteiger partial charge >= 0.3 is 0 Å². The maximum absolute atomic E-state index is 12.5. The first-order chi connectivity index (χ1) is 12.2. The van der Waals surface area contributed by atoms with Gasteiger partial charge in [-0.3, -0.25) is 4.79 Å². The van der Waals surface area contributed by atoms with E-state index in [1.165, 1.54) is 0 Å². The van der Waals surface area contributed by atoms with Crippen molar-refractivity contribution in [3.05, 3.63) is 47.8 Å². The molecule has 0 saturated carbocycles. The summed E-state index contributed by atoms with van der Waals surface area (Å²) in [6.45, 7) is 3.07. The van der Waals surface area contributed by atoms with Gasteiger partial charge in [0, 0.05) is 29.3 Å². The second-order valence-electron chi connectivity index (χ2n) is 5.93. The normalized spacial score (nSPS) is 13.4. The Morgan fingerprint density at radius 3 is 2.80 bits per heavy atom. The van der Waals surface area contributed by atoms with E-state index in [1.54, 1.807) is 18.2 Å². The number of fused-ring (bicyclic) bond motifs is 2. The van der Waals surface area contributed by atoms with Gasteiger partial charge in [0.05, 0.1) is 36.1 Å². The first-order valence-corrected chi connectivity index (χ1v) is 8.15. The molecular weight excluding hydrogens is 316 g/mol. The average molecular weight is 334 g/mol. The van der Waals surface area contributed by atoms with Gasteiger partial charge < -0.3 is 15.4 Å². The van der Waals surface area contributed by atoms with E-state index in [9.17, 15) is 4.79 Å². The smallest absolute Gasteiger partial charge is 0.258 e. The van der Waals surface area contributed by atoms with E-state index in [0.717, 1.165) is 27.7 Å². The zero-order valence-electron chi connectivity index (χ0n) is 14.1. The standard InChI is InChI=1S/C19H18N4O2/c1-3-23-10-14-15(19(23)24)16(20)13-7-4-6-11(17(13)22-14)12-8-5-9-21-18(12)25-2/h4-9H,3,10H2,1-2H3,(H2,20,22). The highest BCUT2D eigenvalue weighted by atomic mass is 16.5. The summed E-state index contributed by atoms with van der Waals surface area (Å²) in [5.41, 5.74) is 10.6. The number of carbonyl (C=O) groups is 1. The first-order valence-electron chi connectivity index (χ1n) is 8.15. The Labute approximate surface area is 145 Å². The molecule has 0 spiro atoms. The second-order valence-corrected chi connectivity index (χ2v) is 5.93. The van der Waals surface area contributed by atoms with Crippen LogP contribution in [0.15, 0.2) is 36.5 Å². The van der Waals surface area contributed by atoms with Crippen LogP contribution in [0, 0.1) is 0 Å². The van der Waals surface area contributed by atoms with Crippen LogP contribution in [0.5, 0.6) is 5.88 Å². The molecule has 25 heavy (non-hydrogen) atoms. The maximum atomic E-state index is 12.5. The molecule has 0 saturated heterocycles. The number of methoxy groups -OCH3 is 1. The lowest BCUT2D eigenvalue weighted by Gasteiger charge is -2.12. The van der Waals surface area contributed by atoms with Crippen molar-refractivity contribution < 1.29 is 9.53 Å². The number of nitrogens with two attached hydrogens (primary N) is 1. The van der Waals surface area contributed by atoms with E-state index in [0.29, 0.717) is 30.2 Å². The summed E-state index contributed by atoms with van der Waals surface area (Å²) in [6, 6.07) is 9.57. The maximum Gasteiger partial charge on any atom is 0.258 e. The van der Waals surface area contributed by atoms with Gasteiger partial charge in [-0.25, -0.2) is 9.97 Å². The quantitative estimate of drug-likeness (QED) is 0.796. The minimum atomic E-state index is -0.0474. The van der Waals surface area contributed by atoms with Crippen molar-refractivity contribution in [3.8, 4) is 17.0 Å². The molecular formula is C19H18N4O2. The van der Waals surface area contributed by atoms with E-state index >= 15 is 0 Å². The Morgan fingerprint density at radius 2 is 2.04 bits per heavy atom. The molecule has 1 aliphatic rings. The van der Waals surface area contributed by atoms with E-state index in [-0.39, 0.29) is 5.91 Å². The second kappa shape index (κ2) is 5.73. The summed E-state index contributed by atoms with van der Waals surface area (Å²) < 4.78 is 5.39. The van der Waals surface area contributed by atoms with Crippen molar-refractivity contribution in [1.29, 1.82) is 0 Å². The monoisotopic (exact) mass is 334 g/mol.